The normalized spacial score (nSPS) is 14.9. The summed E-state index contributed by atoms with van der Waals surface area (Å²) in [6, 6.07) is 12.0. The molecule has 4 heterocycles. The van der Waals surface area contributed by atoms with Crippen molar-refractivity contribution in [2.24, 2.45) is 0 Å². The smallest absolute Gasteiger partial charge is 0.247 e. The summed E-state index contributed by atoms with van der Waals surface area (Å²) in [5.41, 5.74) is 4.31. The summed E-state index contributed by atoms with van der Waals surface area (Å²) < 4.78 is 5.75. The molecule has 1 amide bonds. The first-order valence-electron chi connectivity index (χ1n) is 10.8. The third-order valence-electron chi connectivity index (χ3n) is 6.09. The Labute approximate surface area is 180 Å². The molecule has 158 valence electrons. The van der Waals surface area contributed by atoms with Gasteiger partial charge in [0.1, 0.15) is 5.65 Å². The number of rotatable bonds is 5. The fourth-order valence-corrected chi connectivity index (χ4v) is 4.29. The molecule has 0 unspecified atom stereocenters. The van der Waals surface area contributed by atoms with Crippen LogP contribution in [0.2, 0.25) is 0 Å². The van der Waals surface area contributed by atoms with Crippen molar-refractivity contribution >= 4 is 16.9 Å². The second-order valence-corrected chi connectivity index (χ2v) is 8.17. The Bertz CT molecular complexity index is 1190. The van der Waals surface area contributed by atoms with Crippen LogP contribution in [0, 0.1) is 6.92 Å². The van der Waals surface area contributed by atoms with Gasteiger partial charge < -0.3 is 14.3 Å². The fraction of sp³-hybridized carbons (Fsp3) is 0.333. The average Bonchev–Trinajstić information content (AvgIpc) is 3.45. The molecule has 4 aromatic rings. The SMILES string of the molecule is Cc1ccc(-c2nnc(CCC(=O)N3CCC(c4c[nH]c5ncccc45)CC3)o2)cc1. The van der Waals surface area contributed by atoms with E-state index in [2.05, 4.69) is 32.4 Å². The van der Waals surface area contributed by atoms with E-state index in [1.54, 1.807) is 6.20 Å². The Morgan fingerprint density at radius 2 is 1.97 bits per heavy atom. The third-order valence-corrected chi connectivity index (χ3v) is 6.09. The Hall–Kier alpha value is -3.48. The Morgan fingerprint density at radius 3 is 2.77 bits per heavy atom. The van der Waals surface area contributed by atoms with Crippen LogP contribution in [-0.4, -0.2) is 44.1 Å². The lowest BCUT2D eigenvalue weighted by Crippen LogP contribution is -2.38. The fourth-order valence-electron chi connectivity index (χ4n) is 4.29. The number of benzene rings is 1. The summed E-state index contributed by atoms with van der Waals surface area (Å²) in [5.74, 6) is 1.60. The number of fused-ring (bicyclic) bond motifs is 1. The lowest BCUT2D eigenvalue weighted by Gasteiger charge is -2.32. The van der Waals surface area contributed by atoms with Gasteiger partial charge in [-0.25, -0.2) is 4.98 Å². The van der Waals surface area contributed by atoms with Crippen LogP contribution in [0.25, 0.3) is 22.5 Å². The van der Waals surface area contributed by atoms with Crippen molar-refractivity contribution in [2.45, 2.75) is 38.5 Å². The number of hydrogen-bond acceptors (Lipinski definition) is 5. The highest BCUT2D eigenvalue weighted by atomic mass is 16.4. The number of aromatic nitrogens is 4. The van der Waals surface area contributed by atoms with Crippen molar-refractivity contribution in [3.05, 3.63) is 65.8 Å². The van der Waals surface area contributed by atoms with Crippen LogP contribution in [0.5, 0.6) is 0 Å². The number of carbonyl (C=O) groups is 1. The molecule has 1 N–H and O–H groups in total. The highest BCUT2D eigenvalue weighted by molar-refractivity contribution is 5.80. The minimum Gasteiger partial charge on any atom is -0.421 e. The van der Waals surface area contributed by atoms with Gasteiger partial charge in [0.25, 0.3) is 0 Å². The molecule has 0 aliphatic carbocycles. The highest BCUT2D eigenvalue weighted by Gasteiger charge is 2.25. The molecule has 1 fully saturated rings. The predicted molar refractivity (Wildman–Crippen MR) is 117 cm³/mol. The molecule has 0 saturated carbocycles. The van der Waals surface area contributed by atoms with Gasteiger partial charge in [-0.3, -0.25) is 4.79 Å². The average molecular weight is 415 g/mol. The van der Waals surface area contributed by atoms with Crippen molar-refractivity contribution in [3.63, 3.8) is 0 Å². The Morgan fingerprint density at radius 1 is 1.16 bits per heavy atom. The zero-order chi connectivity index (χ0) is 21.2. The first-order valence-corrected chi connectivity index (χ1v) is 10.8. The minimum absolute atomic E-state index is 0.147. The van der Waals surface area contributed by atoms with Gasteiger partial charge in [-0.15, -0.1) is 10.2 Å². The summed E-state index contributed by atoms with van der Waals surface area (Å²) in [4.78, 5) is 22.3. The van der Waals surface area contributed by atoms with Crippen LogP contribution in [-0.2, 0) is 11.2 Å². The van der Waals surface area contributed by atoms with Gasteiger partial charge in [0, 0.05) is 49.3 Å². The second kappa shape index (κ2) is 8.34. The van der Waals surface area contributed by atoms with Crippen molar-refractivity contribution in [1.82, 2.24) is 25.1 Å². The van der Waals surface area contributed by atoms with E-state index >= 15 is 0 Å². The first kappa shape index (κ1) is 19.5. The number of nitrogens with zero attached hydrogens (tertiary/aromatic N) is 4. The van der Waals surface area contributed by atoms with E-state index in [1.807, 2.05) is 42.2 Å². The second-order valence-electron chi connectivity index (χ2n) is 8.17. The molecule has 0 atom stereocenters. The number of H-pyrrole nitrogens is 1. The molecule has 7 nitrogen and oxygen atoms in total. The van der Waals surface area contributed by atoms with Gasteiger partial charge in [-0.2, -0.15) is 0 Å². The van der Waals surface area contributed by atoms with Crippen molar-refractivity contribution in [3.8, 4) is 11.5 Å². The number of likely N-dealkylation sites (tertiary alicyclic amines) is 1. The number of nitrogens with one attached hydrogen (secondary N) is 1. The predicted octanol–water partition coefficient (Wildman–Crippen LogP) is 4.26. The molecule has 3 aromatic heterocycles. The number of aryl methyl sites for hydroxylation is 2. The standard InChI is InChI=1S/C24H25N5O2/c1-16-4-6-18(7-5-16)24-28-27-21(31-24)8-9-22(30)29-13-10-17(11-14-29)20-15-26-23-19(20)3-2-12-25-23/h2-7,12,15,17H,8-11,13-14H2,1H3,(H,25,26). The van der Waals surface area contributed by atoms with Crippen LogP contribution in [0.15, 0.2) is 53.2 Å². The molecule has 1 aromatic carbocycles. The van der Waals surface area contributed by atoms with Gasteiger partial charge >= 0.3 is 0 Å². The van der Waals surface area contributed by atoms with E-state index in [1.165, 1.54) is 16.5 Å². The number of amides is 1. The van der Waals surface area contributed by atoms with Crippen LogP contribution in [0.1, 0.15) is 42.2 Å². The lowest BCUT2D eigenvalue weighted by molar-refractivity contribution is -0.132. The summed E-state index contributed by atoms with van der Waals surface area (Å²) >= 11 is 0. The highest BCUT2D eigenvalue weighted by Crippen LogP contribution is 2.32. The van der Waals surface area contributed by atoms with E-state index in [9.17, 15) is 4.79 Å². The zero-order valence-corrected chi connectivity index (χ0v) is 17.5. The minimum atomic E-state index is 0.147. The third kappa shape index (κ3) is 4.08. The van der Waals surface area contributed by atoms with Gasteiger partial charge in [0.15, 0.2) is 0 Å². The zero-order valence-electron chi connectivity index (χ0n) is 17.5. The first-order chi connectivity index (χ1) is 15.2. The van der Waals surface area contributed by atoms with E-state index in [-0.39, 0.29) is 5.91 Å². The van der Waals surface area contributed by atoms with Gasteiger partial charge in [-0.1, -0.05) is 17.7 Å². The monoisotopic (exact) mass is 415 g/mol. The molecular weight excluding hydrogens is 390 g/mol. The summed E-state index contributed by atoms with van der Waals surface area (Å²) in [5, 5.41) is 9.42. The number of aromatic amines is 1. The van der Waals surface area contributed by atoms with Crippen LogP contribution < -0.4 is 0 Å². The summed E-state index contributed by atoms with van der Waals surface area (Å²) in [7, 11) is 0. The van der Waals surface area contributed by atoms with Crippen molar-refractivity contribution in [2.75, 3.05) is 13.1 Å². The molecule has 1 aliphatic heterocycles. The molecule has 0 spiro atoms. The van der Waals surface area contributed by atoms with Gasteiger partial charge in [-0.05, 0) is 55.5 Å². The lowest BCUT2D eigenvalue weighted by atomic mass is 9.89. The molecule has 1 saturated heterocycles. The van der Waals surface area contributed by atoms with E-state index < -0.39 is 0 Å². The molecule has 7 heteroatoms. The number of pyridine rings is 1. The summed E-state index contributed by atoms with van der Waals surface area (Å²) in [6.45, 7) is 3.58. The Kier molecular flexibility index (Phi) is 5.24. The number of hydrogen-bond donors (Lipinski definition) is 1. The topological polar surface area (TPSA) is 87.9 Å². The van der Waals surface area contributed by atoms with Crippen molar-refractivity contribution < 1.29 is 9.21 Å². The van der Waals surface area contributed by atoms with Crippen LogP contribution >= 0.6 is 0 Å². The van der Waals surface area contributed by atoms with Crippen LogP contribution in [0.4, 0.5) is 0 Å². The number of carbonyl (C=O) groups excluding carboxylic acids is 1. The maximum Gasteiger partial charge on any atom is 0.247 e. The largest absolute Gasteiger partial charge is 0.421 e. The van der Waals surface area contributed by atoms with E-state index in [0.717, 1.165) is 37.1 Å². The Balaban J connectivity index is 1.15. The molecule has 31 heavy (non-hydrogen) atoms. The quantitative estimate of drug-likeness (QED) is 0.526. The molecule has 1 aliphatic rings. The maximum absolute atomic E-state index is 12.7. The van der Waals surface area contributed by atoms with E-state index in [0.29, 0.717) is 30.5 Å². The van der Waals surface area contributed by atoms with E-state index in [4.69, 9.17) is 4.42 Å². The number of piperidine rings is 1. The van der Waals surface area contributed by atoms with Crippen LogP contribution in [0.3, 0.4) is 0 Å². The molecule has 0 bridgehead atoms. The molecular formula is C24H25N5O2. The summed E-state index contributed by atoms with van der Waals surface area (Å²) in [6.07, 6.45) is 6.65. The van der Waals surface area contributed by atoms with Gasteiger partial charge in [0.05, 0.1) is 0 Å². The molecule has 5 rings (SSSR count). The van der Waals surface area contributed by atoms with Crippen molar-refractivity contribution in [1.29, 1.82) is 0 Å². The maximum atomic E-state index is 12.7. The molecule has 0 radical (unpaired) electrons. The van der Waals surface area contributed by atoms with Gasteiger partial charge in [0.2, 0.25) is 17.7 Å².